The van der Waals surface area contributed by atoms with E-state index in [0.717, 1.165) is 6.54 Å². The van der Waals surface area contributed by atoms with E-state index in [1.807, 2.05) is 25.0 Å². The van der Waals surface area contributed by atoms with E-state index in [1.54, 1.807) is 6.92 Å². The smallest absolute Gasteiger partial charge is 0.0865 e. The molecule has 0 aromatic rings. The molecule has 0 saturated carbocycles. The van der Waals surface area contributed by atoms with Gasteiger partial charge in [-0.2, -0.15) is 0 Å². The summed E-state index contributed by atoms with van der Waals surface area (Å²) in [4.78, 5) is 5.65. The average molecular weight is 171 g/mol. The largest absolute Gasteiger partial charge is 0.391 e. The Hall–Kier alpha value is -0.700. The molecule has 2 unspecified atom stereocenters. The van der Waals surface area contributed by atoms with Crippen LogP contribution in [0.2, 0.25) is 0 Å². The van der Waals surface area contributed by atoms with Crippen LogP contribution in [0.4, 0.5) is 0 Å². The van der Waals surface area contributed by atoms with Gasteiger partial charge in [-0.3, -0.25) is 0 Å². The Morgan fingerprint density at radius 3 is 2.58 bits per heavy atom. The molecule has 0 spiro atoms. The molecule has 2 N–H and O–H groups in total. The summed E-state index contributed by atoms with van der Waals surface area (Å²) in [5, 5.41) is 16.1. The van der Waals surface area contributed by atoms with E-state index in [9.17, 15) is 5.11 Å². The number of aliphatic hydroxyl groups excluding tert-OH is 1. The molecule has 0 saturated heterocycles. The summed E-state index contributed by atoms with van der Waals surface area (Å²) in [5.41, 5.74) is 0. The first kappa shape index (κ1) is 11.3. The standard InChI is InChI=1S/C8H17N3O/c1-7(10-6-9)8(12)4-5-11(2)3/h7-9,12H,4-5H2,1-3H3. The van der Waals surface area contributed by atoms with Gasteiger partial charge in [0, 0.05) is 6.54 Å². The first-order valence-corrected chi connectivity index (χ1v) is 4.02. The van der Waals surface area contributed by atoms with E-state index in [1.165, 1.54) is 0 Å². The van der Waals surface area contributed by atoms with Gasteiger partial charge < -0.3 is 10.0 Å². The van der Waals surface area contributed by atoms with Crippen LogP contribution in [-0.2, 0) is 0 Å². The van der Waals surface area contributed by atoms with Crippen molar-refractivity contribution in [1.29, 1.82) is 5.41 Å². The Balaban J connectivity index is 3.70. The van der Waals surface area contributed by atoms with Crippen LogP contribution in [0.15, 0.2) is 4.99 Å². The van der Waals surface area contributed by atoms with Gasteiger partial charge in [-0.25, -0.2) is 10.4 Å². The van der Waals surface area contributed by atoms with Crippen molar-refractivity contribution in [2.45, 2.75) is 25.5 Å². The molecule has 0 bridgehead atoms. The van der Waals surface area contributed by atoms with E-state index >= 15 is 0 Å². The molecule has 0 rings (SSSR count). The van der Waals surface area contributed by atoms with Crippen LogP contribution < -0.4 is 0 Å². The SMILES string of the molecule is CC(N=C=N)C(O)CCN(C)C. The van der Waals surface area contributed by atoms with Crippen LogP contribution >= 0.6 is 0 Å². The first-order chi connectivity index (χ1) is 5.57. The molecule has 0 radical (unpaired) electrons. The van der Waals surface area contributed by atoms with E-state index in [0.29, 0.717) is 6.42 Å². The molecule has 12 heavy (non-hydrogen) atoms. The Labute approximate surface area is 73.4 Å². The summed E-state index contributed by atoms with van der Waals surface area (Å²) in [6.45, 7) is 2.61. The second-order valence-corrected chi connectivity index (χ2v) is 3.14. The van der Waals surface area contributed by atoms with Crippen LogP contribution in [0.5, 0.6) is 0 Å². The molecule has 2 atom stereocenters. The Morgan fingerprint density at radius 2 is 2.17 bits per heavy atom. The highest BCUT2D eigenvalue weighted by atomic mass is 16.3. The summed E-state index contributed by atoms with van der Waals surface area (Å²) >= 11 is 0. The first-order valence-electron chi connectivity index (χ1n) is 4.02. The van der Waals surface area contributed by atoms with Gasteiger partial charge in [-0.05, 0) is 27.4 Å². The Morgan fingerprint density at radius 1 is 1.58 bits per heavy atom. The van der Waals surface area contributed by atoms with E-state index < -0.39 is 6.10 Å². The van der Waals surface area contributed by atoms with E-state index in [4.69, 9.17) is 5.41 Å². The summed E-state index contributed by atoms with van der Waals surface area (Å²) in [5.74, 6) is 0. The summed E-state index contributed by atoms with van der Waals surface area (Å²) in [6, 6.07) is 1.72. The number of hydrogen-bond donors (Lipinski definition) is 2. The molecule has 70 valence electrons. The lowest BCUT2D eigenvalue weighted by Crippen LogP contribution is -2.26. The third kappa shape index (κ3) is 5.02. The third-order valence-electron chi connectivity index (χ3n) is 1.70. The fourth-order valence-corrected chi connectivity index (χ4v) is 0.820. The zero-order valence-corrected chi connectivity index (χ0v) is 7.91. The zero-order chi connectivity index (χ0) is 9.56. The van der Waals surface area contributed by atoms with Crippen molar-refractivity contribution in [2.75, 3.05) is 20.6 Å². The fraction of sp³-hybridized carbons (Fsp3) is 0.875. The minimum atomic E-state index is -0.467. The number of aliphatic hydroxyl groups is 1. The van der Waals surface area contributed by atoms with Crippen molar-refractivity contribution in [3.8, 4) is 0 Å². The molecule has 0 aliphatic heterocycles. The number of aliphatic imine (C=N–C) groups is 1. The van der Waals surface area contributed by atoms with Gasteiger partial charge >= 0.3 is 0 Å². The number of hydrogen-bond acceptors (Lipinski definition) is 4. The molecule has 0 aliphatic carbocycles. The molecular weight excluding hydrogens is 154 g/mol. The van der Waals surface area contributed by atoms with Gasteiger partial charge in [0.1, 0.15) is 0 Å². The predicted molar refractivity (Wildman–Crippen MR) is 48.8 cm³/mol. The van der Waals surface area contributed by atoms with Gasteiger partial charge in [0.2, 0.25) is 0 Å². The molecule has 4 nitrogen and oxygen atoms in total. The van der Waals surface area contributed by atoms with Crippen molar-refractivity contribution < 1.29 is 5.11 Å². The second-order valence-electron chi connectivity index (χ2n) is 3.14. The Bertz CT molecular complexity index is 164. The van der Waals surface area contributed by atoms with Gasteiger partial charge in [-0.15, -0.1) is 0 Å². The lowest BCUT2D eigenvalue weighted by Gasteiger charge is -2.16. The van der Waals surface area contributed by atoms with Crippen LogP contribution in [0.25, 0.3) is 0 Å². The maximum Gasteiger partial charge on any atom is 0.0865 e. The molecule has 0 aliphatic rings. The van der Waals surface area contributed by atoms with Crippen molar-refractivity contribution in [3.05, 3.63) is 0 Å². The minimum absolute atomic E-state index is 0.220. The molecule has 0 fully saturated rings. The Kier molecular flexibility index (Phi) is 5.54. The van der Waals surface area contributed by atoms with Crippen molar-refractivity contribution in [1.82, 2.24) is 4.90 Å². The normalized spacial score (nSPS) is 15.4. The minimum Gasteiger partial charge on any atom is -0.391 e. The average Bonchev–Trinajstić information content (AvgIpc) is 2.00. The topological polar surface area (TPSA) is 59.7 Å². The highest BCUT2D eigenvalue weighted by molar-refractivity contribution is 5.36. The fourth-order valence-electron chi connectivity index (χ4n) is 0.820. The van der Waals surface area contributed by atoms with Crippen LogP contribution in [0.3, 0.4) is 0 Å². The van der Waals surface area contributed by atoms with E-state index in [-0.39, 0.29) is 6.04 Å². The quantitative estimate of drug-likeness (QED) is 0.590. The van der Waals surface area contributed by atoms with Gasteiger partial charge in [0.05, 0.1) is 18.2 Å². The highest BCUT2D eigenvalue weighted by Crippen LogP contribution is 2.02. The summed E-state index contributed by atoms with van der Waals surface area (Å²) in [7, 11) is 3.91. The number of rotatable bonds is 5. The van der Waals surface area contributed by atoms with Gasteiger partial charge in [0.25, 0.3) is 0 Å². The monoisotopic (exact) mass is 171 g/mol. The second kappa shape index (κ2) is 5.89. The summed E-state index contributed by atoms with van der Waals surface area (Å²) in [6.07, 6.45) is 0.213. The third-order valence-corrected chi connectivity index (χ3v) is 1.70. The highest BCUT2D eigenvalue weighted by Gasteiger charge is 2.12. The van der Waals surface area contributed by atoms with Gasteiger partial charge in [-0.1, -0.05) is 0 Å². The molecule has 0 aromatic heterocycles. The van der Waals surface area contributed by atoms with E-state index in [2.05, 4.69) is 4.99 Å². The molecule has 0 heterocycles. The van der Waals surface area contributed by atoms with Gasteiger partial charge in [0.15, 0.2) is 0 Å². The van der Waals surface area contributed by atoms with Crippen LogP contribution in [-0.4, -0.2) is 48.8 Å². The van der Waals surface area contributed by atoms with Crippen molar-refractivity contribution >= 4 is 6.01 Å². The lowest BCUT2D eigenvalue weighted by atomic mass is 10.1. The molecular formula is C8H17N3O. The molecule has 4 heteroatoms. The van der Waals surface area contributed by atoms with Crippen molar-refractivity contribution in [2.24, 2.45) is 4.99 Å². The maximum atomic E-state index is 9.45. The summed E-state index contributed by atoms with van der Waals surface area (Å²) < 4.78 is 0. The van der Waals surface area contributed by atoms with Crippen LogP contribution in [0, 0.1) is 5.41 Å². The predicted octanol–water partition coefficient (Wildman–Crippen LogP) is 0.440. The van der Waals surface area contributed by atoms with Crippen LogP contribution in [0.1, 0.15) is 13.3 Å². The molecule has 0 amide bonds. The zero-order valence-electron chi connectivity index (χ0n) is 7.91. The number of nitrogens with one attached hydrogen (secondary N) is 1. The molecule has 0 aromatic carbocycles. The lowest BCUT2D eigenvalue weighted by molar-refractivity contribution is 0.131. The number of nitrogens with zero attached hydrogens (tertiary/aromatic N) is 2. The maximum absolute atomic E-state index is 9.45. The van der Waals surface area contributed by atoms with Crippen molar-refractivity contribution in [3.63, 3.8) is 0 Å².